The summed E-state index contributed by atoms with van der Waals surface area (Å²) in [5.74, 6) is 2.03. The molecule has 1 saturated heterocycles. The molecule has 2 fully saturated rings. The van der Waals surface area contributed by atoms with Crippen molar-refractivity contribution in [2.24, 2.45) is 11.8 Å². The number of benzene rings is 1. The third-order valence-electron chi connectivity index (χ3n) is 4.74. The maximum Gasteiger partial charge on any atom is 0.0322 e. The molecule has 0 bridgehead atoms. The van der Waals surface area contributed by atoms with Crippen LogP contribution in [0.4, 0.5) is 0 Å². The van der Waals surface area contributed by atoms with Gasteiger partial charge in [0.1, 0.15) is 0 Å². The molecule has 17 heavy (non-hydrogen) atoms. The van der Waals surface area contributed by atoms with Gasteiger partial charge in [0.15, 0.2) is 0 Å². The van der Waals surface area contributed by atoms with Gasteiger partial charge in [0.25, 0.3) is 0 Å². The van der Waals surface area contributed by atoms with Crippen molar-refractivity contribution in [3.63, 3.8) is 0 Å². The summed E-state index contributed by atoms with van der Waals surface area (Å²) in [4.78, 5) is 0. The number of nitrogens with one attached hydrogen (secondary N) is 1. The summed E-state index contributed by atoms with van der Waals surface area (Å²) in [7, 11) is 0. The van der Waals surface area contributed by atoms with Crippen molar-refractivity contribution >= 4 is 0 Å². The van der Waals surface area contributed by atoms with Crippen molar-refractivity contribution < 1.29 is 0 Å². The van der Waals surface area contributed by atoms with Crippen molar-refractivity contribution in [1.29, 1.82) is 0 Å². The Hall–Kier alpha value is -0.820. The average Bonchev–Trinajstić information content (AvgIpc) is 2.28. The maximum absolute atomic E-state index is 3.69. The van der Waals surface area contributed by atoms with E-state index in [1.165, 1.54) is 49.8 Å². The Morgan fingerprint density at radius 2 is 1.76 bits per heavy atom. The molecule has 0 spiro atoms. The first-order valence-corrected chi connectivity index (χ1v) is 7.13. The molecule has 92 valence electrons. The Morgan fingerprint density at radius 3 is 2.41 bits per heavy atom. The van der Waals surface area contributed by atoms with Gasteiger partial charge >= 0.3 is 0 Å². The molecule has 1 aromatic carbocycles. The molecular weight excluding hydrogens is 206 g/mol. The number of hydrogen-bond donors (Lipinski definition) is 1. The van der Waals surface area contributed by atoms with Gasteiger partial charge < -0.3 is 5.32 Å². The highest BCUT2D eigenvalue weighted by Gasteiger charge is 2.31. The Balaban J connectivity index is 1.68. The number of rotatable bonds is 2. The Bertz CT molecular complexity index is 364. The topological polar surface area (TPSA) is 12.0 Å². The molecule has 1 aromatic rings. The Kier molecular flexibility index (Phi) is 3.19. The number of aryl methyl sites for hydroxylation is 1. The summed E-state index contributed by atoms with van der Waals surface area (Å²) in [6.07, 6.45) is 7.21. The molecule has 1 heterocycles. The van der Waals surface area contributed by atoms with Gasteiger partial charge in [-0.05, 0) is 43.7 Å². The molecule has 0 unspecified atom stereocenters. The van der Waals surface area contributed by atoms with E-state index < -0.39 is 0 Å². The first-order valence-electron chi connectivity index (χ1n) is 7.13. The first kappa shape index (κ1) is 11.3. The predicted molar refractivity (Wildman–Crippen MR) is 72.0 cm³/mol. The fourth-order valence-corrected chi connectivity index (χ4v) is 3.34. The zero-order valence-electron chi connectivity index (χ0n) is 10.8. The van der Waals surface area contributed by atoms with Crippen LogP contribution in [0.25, 0.3) is 0 Å². The van der Waals surface area contributed by atoms with Crippen LogP contribution in [0.2, 0.25) is 0 Å². The molecular formula is C16H23N. The van der Waals surface area contributed by atoms with E-state index in [-0.39, 0.29) is 0 Å². The summed E-state index contributed by atoms with van der Waals surface area (Å²) >= 11 is 0. The largest absolute Gasteiger partial charge is 0.310 e. The summed E-state index contributed by atoms with van der Waals surface area (Å²) in [5, 5.41) is 3.69. The number of piperidine rings is 1. The van der Waals surface area contributed by atoms with E-state index in [0.717, 1.165) is 11.8 Å². The third-order valence-corrected chi connectivity index (χ3v) is 4.74. The fourth-order valence-electron chi connectivity index (χ4n) is 3.34. The summed E-state index contributed by atoms with van der Waals surface area (Å²) < 4.78 is 0. The van der Waals surface area contributed by atoms with Crippen molar-refractivity contribution in [2.75, 3.05) is 6.54 Å². The molecule has 1 aliphatic carbocycles. The normalized spacial score (nSPS) is 29.9. The summed E-state index contributed by atoms with van der Waals surface area (Å²) in [6.45, 7) is 3.37. The number of hydrogen-bond acceptors (Lipinski definition) is 1. The van der Waals surface area contributed by atoms with Crippen LogP contribution in [-0.4, -0.2) is 6.54 Å². The van der Waals surface area contributed by atoms with E-state index in [1.807, 2.05) is 0 Å². The monoisotopic (exact) mass is 229 g/mol. The second-order valence-corrected chi connectivity index (χ2v) is 5.89. The van der Waals surface area contributed by atoms with Crippen LogP contribution in [0.15, 0.2) is 24.3 Å². The van der Waals surface area contributed by atoms with E-state index in [1.54, 1.807) is 0 Å². The molecule has 1 nitrogen and oxygen atoms in total. The molecule has 1 aliphatic heterocycles. The molecule has 0 aromatic heterocycles. The predicted octanol–water partition coefficient (Wildman–Crippen LogP) is 3.84. The smallest absolute Gasteiger partial charge is 0.0322 e. The van der Waals surface area contributed by atoms with Crippen molar-refractivity contribution in [1.82, 2.24) is 5.32 Å². The van der Waals surface area contributed by atoms with Crippen LogP contribution in [0.5, 0.6) is 0 Å². The summed E-state index contributed by atoms with van der Waals surface area (Å²) in [6, 6.07) is 9.69. The Morgan fingerprint density at radius 1 is 1.00 bits per heavy atom. The lowest BCUT2D eigenvalue weighted by Gasteiger charge is -2.39. The highest BCUT2D eigenvalue weighted by atomic mass is 14.9. The highest BCUT2D eigenvalue weighted by molar-refractivity contribution is 5.24. The van der Waals surface area contributed by atoms with Gasteiger partial charge in [-0.15, -0.1) is 0 Å². The van der Waals surface area contributed by atoms with E-state index in [2.05, 4.69) is 36.5 Å². The van der Waals surface area contributed by atoms with E-state index in [0.29, 0.717) is 6.04 Å². The second-order valence-electron chi connectivity index (χ2n) is 5.89. The van der Waals surface area contributed by atoms with Gasteiger partial charge in [-0.3, -0.25) is 0 Å². The standard InChI is InChI=1S/C16H23N/c1-12-5-7-14(8-6-12)16-11-15(9-10-17-16)13-3-2-4-13/h5-8,13,15-17H,2-4,9-11H2,1H3/t15-,16+/m1/s1. The molecule has 1 saturated carbocycles. The van der Waals surface area contributed by atoms with Crippen molar-refractivity contribution in [2.45, 2.75) is 45.1 Å². The van der Waals surface area contributed by atoms with Gasteiger partial charge in [0.05, 0.1) is 0 Å². The van der Waals surface area contributed by atoms with Crippen LogP contribution in [0, 0.1) is 18.8 Å². The van der Waals surface area contributed by atoms with Gasteiger partial charge in [0, 0.05) is 6.04 Å². The minimum Gasteiger partial charge on any atom is -0.310 e. The molecule has 2 atom stereocenters. The van der Waals surface area contributed by atoms with Gasteiger partial charge in [-0.1, -0.05) is 49.1 Å². The highest BCUT2D eigenvalue weighted by Crippen LogP contribution is 2.41. The van der Waals surface area contributed by atoms with Gasteiger partial charge in [-0.2, -0.15) is 0 Å². The molecule has 1 heteroatoms. The van der Waals surface area contributed by atoms with Gasteiger partial charge in [-0.25, -0.2) is 0 Å². The minimum absolute atomic E-state index is 0.606. The quantitative estimate of drug-likeness (QED) is 0.812. The van der Waals surface area contributed by atoms with Crippen LogP contribution in [0.1, 0.15) is 49.3 Å². The lowest BCUT2D eigenvalue weighted by atomic mass is 9.70. The molecule has 0 amide bonds. The van der Waals surface area contributed by atoms with E-state index in [4.69, 9.17) is 0 Å². The molecule has 2 aliphatic rings. The van der Waals surface area contributed by atoms with E-state index >= 15 is 0 Å². The zero-order valence-corrected chi connectivity index (χ0v) is 10.8. The van der Waals surface area contributed by atoms with Crippen LogP contribution < -0.4 is 5.32 Å². The zero-order chi connectivity index (χ0) is 11.7. The lowest BCUT2D eigenvalue weighted by molar-refractivity contribution is 0.147. The van der Waals surface area contributed by atoms with Crippen LogP contribution in [-0.2, 0) is 0 Å². The maximum atomic E-state index is 3.69. The SMILES string of the molecule is Cc1ccc([C@@H]2C[C@H](C3CCC3)CCN2)cc1. The third kappa shape index (κ3) is 2.40. The minimum atomic E-state index is 0.606. The summed E-state index contributed by atoms with van der Waals surface area (Å²) in [5.41, 5.74) is 2.85. The van der Waals surface area contributed by atoms with Crippen LogP contribution >= 0.6 is 0 Å². The Labute approximate surface area is 105 Å². The average molecular weight is 229 g/mol. The van der Waals surface area contributed by atoms with Crippen molar-refractivity contribution in [3.8, 4) is 0 Å². The second kappa shape index (κ2) is 4.81. The fraction of sp³-hybridized carbons (Fsp3) is 0.625. The van der Waals surface area contributed by atoms with Crippen LogP contribution in [0.3, 0.4) is 0 Å². The first-order chi connectivity index (χ1) is 8.33. The molecule has 0 radical (unpaired) electrons. The molecule has 3 rings (SSSR count). The lowest BCUT2D eigenvalue weighted by Crippen LogP contribution is -2.36. The van der Waals surface area contributed by atoms with Gasteiger partial charge in [0.2, 0.25) is 0 Å². The van der Waals surface area contributed by atoms with E-state index in [9.17, 15) is 0 Å². The van der Waals surface area contributed by atoms with Crippen molar-refractivity contribution in [3.05, 3.63) is 35.4 Å². The molecule has 1 N–H and O–H groups in total.